The van der Waals surface area contributed by atoms with Gasteiger partial charge in [-0.1, -0.05) is 11.6 Å². The summed E-state index contributed by atoms with van der Waals surface area (Å²) < 4.78 is 9.27. The number of ketones is 2. The summed E-state index contributed by atoms with van der Waals surface area (Å²) in [6, 6.07) is 4.32. The van der Waals surface area contributed by atoms with Crippen molar-refractivity contribution in [3.63, 3.8) is 0 Å². The molecule has 1 aromatic rings. The molecule has 0 amide bonds. The minimum atomic E-state index is -0.873. The van der Waals surface area contributed by atoms with Gasteiger partial charge in [0.05, 0.1) is 19.8 Å². The molecule has 0 saturated carbocycles. The molecule has 0 aliphatic carbocycles. The van der Waals surface area contributed by atoms with E-state index in [1.165, 1.54) is 25.3 Å². The Balaban J connectivity index is 2.99. The van der Waals surface area contributed by atoms with Gasteiger partial charge in [0.1, 0.15) is 12.2 Å². The van der Waals surface area contributed by atoms with Crippen LogP contribution in [0.15, 0.2) is 18.2 Å². The van der Waals surface area contributed by atoms with Gasteiger partial charge >= 0.3 is 5.97 Å². The van der Waals surface area contributed by atoms with Crippen molar-refractivity contribution in [1.82, 2.24) is 0 Å². The third kappa shape index (κ3) is 3.30. The van der Waals surface area contributed by atoms with Crippen LogP contribution in [0.2, 0.25) is 5.02 Å². The lowest BCUT2D eigenvalue weighted by Gasteiger charge is -2.07. The highest BCUT2D eigenvalue weighted by Crippen LogP contribution is 2.23. The molecule has 5 nitrogen and oxygen atoms in total. The Morgan fingerprint density at radius 3 is 2.44 bits per heavy atom. The molecule has 0 unspecified atom stereocenters. The zero-order valence-electron chi connectivity index (χ0n) is 9.86. The SMILES string of the molecule is COC(=O)CC(=O)C(=O)c1cc(Cl)ccc1OC. The van der Waals surface area contributed by atoms with E-state index in [4.69, 9.17) is 16.3 Å². The lowest BCUT2D eigenvalue weighted by atomic mass is 10.0. The van der Waals surface area contributed by atoms with Crippen molar-refractivity contribution in [1.29, 1.82) is 0 Å². The van der Waals surface area contributed by atoms with Gasteiger partial charge in [0.25, 0.3) is 0 Å². The zero-order valence-corrected chi connectivity index (χ0v) is 10.6. The van der Waals surface area contributed by atoms with E-state index >= 15 is 0 Å². The molecule has 0 radical (unpaired) electrons. The van der Waals surface area contributed by atoms with Gasteiger partial charge in [-0.2, -0.15) is 0 Å². The number of carbonyl (C=O) groups is 3. The van der Waals surface area contributed by atoms with Crippen molar-refractivity contribution in [3.8, 4) is 5.75 Å². The van der Waals surface area contributed by atoms with Crippen LogP contribution < -0.4 is 4.74 Å². The van der Waals surface area contributed by atoms with E-state index in [2.05, 4.69) is 4.74 Å². The zero-order chi connectivity index (χ0) is 13.7. The summed E-state index contributed by atoms with van der Waals surface area (Å²) >= 11 is 5.74. The molecule has 0 bridgehead atoms. The first-order valence-electron chi connectivity index (χ1n) is 4.97. The quantitative estimate of drug-likeness (QED) is 0.352. The Kier molecular flexibility index (Phi) is 4.85. The Morgan fingerprint density at radius 1 is 1.22 bits per heavy atom. The number of methoxy groups -OCH3 is 2. The van der Waals surface area contributed by atoms with Crippen LogP contribution in [0.3, 0.4) is 0 Å². The van der Waals surface area contributed by atoms with Gasteiger partial charge in [0, 0.05) is 5.02 Å². The van der Waals surface area contributed by atoms with E-state index in [0.717, 1.165) is 7.11 Å². The van der Waals surface area contributed by atoms with Crippen molar-refractivity contribution >= 4 is 29.1 Å². The van der Waals surface area contributed by atoms with Gasteiger partial charge in [-0.25, -0.2) is 0 Å². The van der Waals surface area contributed by atoms with Crippen LogP contribution in [0.25, 0.3) is 0 Å². The van der Waals surface area contributed by atoms with Crippen molar-refractivity contribution in [2.45, 2.75) is 6.42 Å². The minimum absolute atomic E-state index is 0.0268. The highest BCUT2D eigenvalue weighted by molar-refractivity contribution is 6.46. The Labute approximate surface area is 109 Å². The molecule has 0 fully saturated rings. The predicted molar refractivity (Wildman–Crippen MR) is 64.0 cm³/mol. The Bertz CT molecular complexity index is 495. The molecule has 0 atom stereocenters. The van der Waals surface area contributed by atoms with E-state index < -0.39 is 24.0 Å². The molecule has 0 saturated heterocycles. The lowest BCUT2D eigenvalue weighted by Crippen LogP contribution is -2.19. The van der Waals surface area contributed by atoms with Crippen LogP contribution in [-0.4, -0.2) is 31.8 Å². The summed E-state index contributed by atoms with van der Waals surface area (Å²) in [6.45, 7) is 0. The average Bonchev–Trinajstić information content (AvgIpc) is 2.37. The second-order valence-corrected chi connectivity index (χ2v) is 3.79. The maximum atomic E-state index is 11.8. The molecular formula is C12H11ClO5. The van der Waals surface area contributed by atoms with Crippen LogP contribution in [0, 0.1) is 0 Å². The van der Waals surface area contributed by atoms with E-state index in [-0.39, 0.29) is 11.3 Å². The third-order valence-electron chi connectivity index (χ3n) is 2.19. The lowest BCUT2D eigenvalue weighted by molar-refractivity contribution is -0.142. The molecule has 0 N–H and O–H groups in total. The maximum Gasteiger partial charge on any atom is 0.313 e. The molecule has 0 aliphatic heterocycles. The summed E-state index contributed by atoms with van der Waals surface area (Å²) in [5, 5.41) is 0.296. The number of rotatable bonds is 5. The van der Waals surface area contributed by atoms with E-state index in [1.54, 1.807) is 0 Å². The summed E-state index contributed by atoms with van der Waals surface area (Å²) in [6.07, 6.45) is -0.606. The summed E-state index contributed by atoms with van der Waals surface area (Å²) in [4.78, 5) is 34.3. The summed E-state index contributed by atoms with van der Waals surface area (Å²) in [5.74, 6) is -2.25. The third-order valence-corrected chi connectivity index (χ3v) is 2.43. The largest absolute Gasteiger partial charge is 0.496 e. The monoisotopic (exact) mass is 270 g/mol. The topological polar surface area (TPSA) is 69.7 Å². The van der Waals surface area contributed by atoms with Crippen molar-refractivity contribution in [3.05, 3.63) is 28.8 Å². The van der Waals surface area contributed by atoms with E-state index in [1.807, 2.05) is 0 Å². The van der Waals surface area contributed by atoms with Gasteiger partial charge in [-0.3, -0.25) is 14.4 Å². The van der Waals surface area contributed by atoms with Crippen LogP contribution >= 0.6 is 11.6 Å². The van der Waals surface area contributed by atoms with Crippen LogP contribution in [0.1, 0.15) is 16.8 Å². The number of carbonyl (C=O) groups excluding carboxylic acids is 3. The standard InChI is InChI=1S/C12H11ClO5/c1-17-10-4-3-7(13)5-8(10)12(16)9(14)6-11(15)18-2/h3-5H,6H2,1-2H3. The molecule has 0 aromatic heterocycles. The fraction of sp³-hybridized carbons (Fsp3) is 0.250. The molecular weight excluding hydrogens is 260 g/mol. The fourth-order valence-corrected chi connectivity index (χ4v) is 1.46. The number of ether oxygens (including phenoxy) is 2. The second kappa shape index (κ2) is 6.16. The minimum Gasteiger partial charge on any atom is -0.496 e. The number of hydrogen-bond donors (Lipinski definition) is 0. The normalized spacial score (nSPS) is 9.72. The highest BCUT2D eigenvalue weighted by Gasteiger charge is 2.23. The van der Waals surface area contributed by atoms with Crippen LogP contribution in [0.5, 0.6) is 5.75 Å². The number of benzene rings is 1. The first-order chi connectivity index (χ1) is 8.49. The Hall–Kier alpha value is -1.88. The van der Waals surface area contributed by atoms with Gasteiger partial charge in [-0.15, -0.1) is 0 Å². The second-order valence-electron chi connectivity index (χ2n) is 3.35. The smallest absolute Gasteiger partial charge is 0.313 e. The number of hydrogen-bond acceptors (Lipinski definition) is 5. The van der Waals surface area contributed by atoms with E-state index in [0.29, 0.717) is 5.02 Å². The number of halogens is 1. The fourth-order valence-electron chi connectivity index (χ4n) is 1.29. The van der Waals surface area contributed by atoms with Crippen molar-refractivity contribution in [2.75, 3.05) is 14.2 Å². The highest BCUT2D eigenvalue weighted by atomic mass is 35.5. The van der Waals surface area contributed by atoms with Gasteiger partial charge in [0.2, 0.25) is 11.6 Å². The molecule has 1 aromatic carbocycles. The molecule has 18 heavy (non-hydrogen) atoms. The van der Waals surface area contributed by atoms with Gasteiger partial charge in [0.15, 0.2) is 0 Å². The van der Waals surface area contributed by atoms with E-state index in [9.17, 15) is 14.4 Å². The molecule has 0 aliphatic rings. The number of Topliss-reactive ketones (excluding diaryl/α,β-unsaturated/α-hetero) is 2. The molecule has 0 heterocycles. The summed E-state index contributed by atoms with van der Waals surface area (Å²) in [7, 11) is 2.50. The predicted octanol–water partition coefficient (Wildman–Crippen LogP) is 1.66. The van der Waals surface area contributed by atoms with Gasteiger partial charge < -0.3 is 9.47 Å². The van der Waals surface area contributed by atoms with Gasteiger partial charge in [-0.05, 0) is 18.2 Å². The maximum absolute atomic E-state index is 11.8. The summed E-state index contributed by atoms with van der Waals surface area (Å²) in [5.41, 5.74) is 0.0268. The molecule has 96 valence electrons. The number of esters is 1. The van der Waals surface area contributed by atoms with Crippen LogP contribution in [0.4, 0.5) is 0 Å². The van der Waals surface area contributed by atoms with Crippen molar-refractivity contribution < 1.29 is 23.9 Å². The molecule has 6 heteroatoms. The molecule has 0 spiro atoms. The van der Waals surface area contributed by atoms with Crippen molar-refractivity contribution in [2.24, 2.45) is 0 Å². The Morgan fingerprint density at radius 2 is 1.89 bits per heavy atom. The van der Waals surface area contributed by atoms with Crippen LogP contribution in [-0.2, 0) is 14.3 Å². The molecule has 1 rings (SSSR count). The average molecular weight is 271 g/mol. The first kappa shape index (κ1) is 14.2. The first-order valence-corrected chi connectivity index (χ1v) is 5.35.